The van der Waals surface area contributed by atoms with Crippen molar-refractivity contribution < 1.29 is 4.79 Å². The van der Waals surface area contributed by atoms with Crippen molar-refractivity contribution in [3.63, 3.8) is 0 Å². The van der Waals surface area contributed by atoms with Gasteiger partial charge in [0.1, 0.15) is 5.82 Å². The lowest BCUT2D eigenvalue weighted by Gasteiger charge is -2.09. The van der Waals surface area contributed by atoms with Gasteiger partial charge in [-0.15, -0.1) is 10.2 Å². The fraction of sp³-hybridized carbons (Fsp3) is 0.583. The number of aromatic nitrogens is 2. The molecule has 0 fully saturated rings. The number of carbonyl (C=O) groups is 1. The van der Waals surface area contributed by atoms with Crippen LogP contribution in [0.5, 0.6) is 0 Å². The highest BCUT2D eigenvalue weighted by atomic mass is 32.2. The highest BCUT2D eigenvalue weighted by Gasteiger charge is 2.09. The quantitative estimate of drug-likeness (QED) is 0.763. The van der Waals surface area contributed by atoms with Gasteiger partial charge in [-0.1, -0.05) is 0 Å². The zero-order chi connectivity index (χ0) is 13.4. The van der Waals surface area contributed by atoms with Gasteiger partial charge in [0.15, 0.2) is 5.69 Å². The summed E-state index contributed by atoms with van der Waals surface area (Å²) in [6, 6.07) is 3.48. The zero-order valence-electron chi connectivity index (χ0n) is 11.1. The van der Waals surface area contributed by atoms with E-state index in [1.165, 1.54) is 17.1 Å². The van der Waals surface area contributed by atoms with Crippen LogP contribution in [0.2, 0.25) is 0 Å². The number of amides is 1. The predicted molar refractivity (Wildman–Crippen MR) is 76.2 cm³/mol. The van der Waals surface area contributed by atoms with E-state index in [2.05, 4.69) is 21.8 Å². The Morgan fingerprint density at radius 1 is 1.33 bits per heavy atom. The van der Waals surface area contributed by atoms with Crippen LogP contribution in [0.3, 0.4) is 0 Å². The van der Waals surface area contributed by atoms with Crippen molar-refractivity contribution >= 4 is 23.5 Å². The third kappa shape index (κ3) is 4.91. The SMILES string of the molecule is CSCCCCNc1ccc(C(=O)N(C)C)nn1. The van der Waals surface area contributed by atoms with Crippen molar-refractivity contribution in [2.24, 2.45) is 0 Å². The zero-order valence-corrected chi connectivity index (χ0v) is 12.0. The number of hydrogen-bond acceptors (Lipinski definition) is 5. The summed E-state index contributed by atoms with van der Waals surface area (Å²) < 4.78 is 0. The van der Waals surface area contributed by atoms with Crippen molar-refractivity contribution in [1.29, 1.82) is 0 Å². The van der Waals surface area contributed by atoms with Crippen LogP contribution < -0.4 is 5.32 Å². The molecule has 0 aliphatic rings. The fourth-order valence-corrected chi connectivity index (χ4v) is 1.85. The number of carbonyl (C=O) groups excluding carboxylic acids is 1. The van der Waals surface area contributed by atoms with Gasteiger partial charge in [0.05, 0.1) is 0 Å². The first-order valence-corrected chi connectivity index (χ1v) is 7.32. The van der Waals surface area contributed by atoms with Crippen LogP contribution in [0.25, 0.3) is 0 Å². The summed E-state index contributed by atoms with van der Waals surface area (Å²) in [6.45, 7) is 0.885. The first-order chi connectivity index (χ1) is 8.65. The summed E-state index contributed by atoms with van der Waals surface area (Å²) in [4.78, 5) is 13.1. The minimum atomic E-state index is -0.131. The molecule has 0 atom stereocenters. The molecule has 1 rings (SSSR count). The average molecular weight is 268 g/mol. The van der Waals surface area contributed by atoms with Gasteiger partial charge in [-0.3, -0.25) is 4.79 Å². The third-order valence-corrected chi connectivity index (χ3v) is 3.07. The minimum absolute atomic E-state index is 0.131. The van der Waals surface area contributed by atoms with Gasteiger partial charge >= 0.3 is 0 Å². The number of thioether (sulfide) groups is 1. The topological polar surface area (TPSA) is 58.1 Å². The Bertz CT molecular complexity index is 367. The van der Waals surface area contributed by atoms with Crippen LogP contribution in [-0.2, 0) is 0 Å². The van der Waals surface area contributed by atoms with Gasteiger partial charge in [0, 0.05) is 20.6 Å². The maximum Gasteiger partial charge on any atom is 0.273 e. The van der Waals surface area contributed by atoms with Crippen LogP contribution in [0.15, 0.2) is 12.1 Å². The third-order valence-electron chi connectivity index (χ3n) is 2.37. The summed E-state index contributed by atoms with van der Waals surface area (Å²) in [6.07, 6.45) is 4.42. The van der Waals surface area contributed by atoms with Gasteiger partial charge in [-0.25, -0.2) is 0 Å². The second-order valence-corrected chi connectivity index (χ2v) is 5.12. The maximum atomic E-state index is 11.6. The van der Waals surface area contributed by atoms with E-state index in [4.69, 9.17) is 0 Å². The predicted octanol–water partition coefficient (Wildman–Crippen LogP) is 1.73. The summed E-state index contributed by atoms with van der Waals surface area (Å²) in [5, 5.41) is 11.1. The standard InChI is InChI=1S/C12H20N4OS/c1-16(2)12(17)10-6-7-11(15-14-10)13-8-4-5-9-18-3/h6-7H,4-5,8-9H2,1-3H3,(H,13,15). The van der Waals surface area contributed by atoms with Crippen LogP contribution in [0.4, 0.5) is 5.82 Å². The molecule has 0 aliphatic carbocycles. The molecule has 0 unspecified atom stereocenters. The highest BCUT2D eigenvalue weighted by molar-refractivity contribution is 7.98. The molecule has 0 aromatic carbocycles. The Kier molecular flexibility index (Phi) is 6.49. The average Bonchev–Trinajstić information content (AvgIpc) is 2.38. The summed E-state index contributed by atoms with van der Waals surface area (Å²) >= 11 is 1.86. The smallest absolute Gasteiger partial charge is 0.273 e. The van der Waals surface area contributed by atoms with E-state index in [-0.39, 0.29) is 5.91 Å². The fourth-order valence-electron chi connectivity index (χ4n) is 1.36. The number of unbranched alkanes of at least 4 members (excludes halogenated alkanes) is 1. The van der Waals surface area contributed by atoms with Crippen molar-refractivity contribution in [2.45, 2.75) is 12.8 Å². The molecule has 0 saturated carbocycles. The monoisotopic (exact) mass is 268 g/mol. The Labute approximate surface area is 112 Å². The summed E-state index contributed by atoms with van der Waals surface area (Å²) in [7, 11) is 3.39. The molecule has 0 bridgehead atoms. The van der Waals surface area contributed by atoms with Crippen LogP contribution in [0, 0.1) is 0 Å². The molecule has 18 heavy (non-hydrogen) atoms. The number of hydrogen-bond donors (Lipinski definition) is 1. The van der Waals surface area contributed by atoms with E-state index in [0.717, 1.165) is 18.8 Å². The van der Waals surface area contributed by atoms with Gasteiger partial charge in [-0.05, 0) is 37.0 Å². The Hall–Kier alpha value is -1.30. The van der Waals surface area contributed by atoms with Crippen LogP contribution in [0.1, 0.15) is 23.3 Å². The van der Waals surface area contributed by atoms with Crippen LogP contribution >= 0.6 is 11.8 Å². The molecule has 1 heterocycles. The van der Waals surface area contributed by atoms with Gasteiger partial charge in [-0.2, -0.15) is 11.8 Å². The summed E-state index contributed by atoms with van der Waals surface area (Å²) in [5.74, 6) is 1.77. The largest absolute Gasteiger partial charge is 0.369 e. The number of rotatable bonds is 7. The highest BCUT2D eigenvalue weighted by Crippen LogP contribution is 2.05. The van der Waals surface area contributed by atoms with E-state index in [9.17, 15) is 4.79 Å². The first-order valence-electron chi connectivity index (χ1n) is 5.93. The first kappa shape index (κ1) is 14.8. The molecule has 0 saturated heterocycles. The van der Waals surface area contributed by atoms with Gasteiger partial charge in [0.2, 0.25) is 0 Å². The lowest BCUT2D eigenvalue weighted by Crippen LogP contribution is -2.23. The molecule has 1 amide bonds. The number of nitrogens with zero attached hydrogens (tertiary/aromatic N) is 3. The van der Waals surface area contributed by atoms with E-state index >= 15 is 0 Å². The molecule has 1 aromatic rings. The molecule has 5 nitrogen and oxygen atoms in total. The molecule has 1 N–H and O–H groups in total. The van der Waals surface area contributed by atoms with Gasteiger partial charge in [0.25, 0.3) is 5.91 Å². The van der Waals surface area contributed by atoms with E-state index in [1.807, 2.05) is 11.8 Å². The molecular weight excluding hydrogens is 248 g/mol. The van der Waals surface area contributed by atoms with E-state index in [1.54, 1.807) is 26.2 Å². The Balaban J connectivity index is 2.38. The van der Waals surface area contributed by atoms with Crippen LogP contribution in [-0.4, -0.2) is 53.7 Å². The number of anilines is 1. The minimum Gasteiger partial charge on any atom is -0.369 e. The van der Waals surface area contributed by atoms with Crippen molar-refractivity contribution in [2.75, 3.05) is 38.0 Å². The second kappa shape index (κ2) is 7.92. The molecule has 0 aliphatic heterocycles. The van der Waals surface area contributed by atoms with Crippen molar-refractivity contribution in [3.8, 4) is 0 Å². The Morgan fingerprint density at radius 2 is 2.11 bits per heavy atom. The second-order valence-electron chi connectivity index (χ2n) is 4.13. The molecular formula is C12H20N4OS. The van der Waals surface area contributed by atoms with E-state index < -0.39 is 0 Å². The normalized spacial score (nSPS) is 10.2. The van der Waals surface area contributed by atoms with Gasteiger partial charge < -0.3 is 10.2 Å². The molecule has 0 spiro atoms. The molecule has 0 radical (unpaired) electrons. The lowest BCUT2D eigenvalue weighted by atomic mass is 10.3. The van der Waals surface area contributed by atoms with Crippen molar-refractivity contribution in [3.05, 3.63) is 17.8 Å². The lowest BCUT2D eigenvalue weighted by molar-refractivity contribution is 0.0821. The maximum absolute atomic E-state index is 11.6. The Morgan fingerprint density at radius 3 is 2.67 bits per heavy atom. The van der Waals surface area contributed by atoms with Crippen molar-refractivity contribution in [1.82, 2.24) is 15.1 Å². The molecule has 1 aromatic heterocycles. The molecule has 6 heteroatoms. The van der Waals surface area contributed by atoms with E-state index in [0.29, 0.717) is 5.69 Å². The molecule has 100 valence electrons. The number of nitrogens with one attached hydrogen (secondary N) is 1. The summed E-state index contributed by atoms with van der Waals surface area (Å²) in [5.41, 5.74) is 0.368.